The van der Waals surface area contributed by atoms with Gasteiger partial charge in [0.1, 0.15) is 5.82 Å². The Morgan fingerprint density at radius 1 is 1.48 bits per heavy atom. The summed E-state index contributed by atoms with van der Waals surface area (Å²) in [5.74, 6) is -0.143. The Kier molecular flexibility index (Phi) is 4.88. The van der Waals surface area contributed by atoms with Crippen LogP contribution in [0.5, 0.6) is 0 Å². The van der Waals surface area contributed by atoms with Gasteiger partial charge in [0.05, 0.1) is 17.2 Å². The lowest BCUT2D eigenvalue weighted by atomic mass is 10.0. The van der Waals surface area contributed by atoms with Crippen LogP contribution < -0.4 is 10.6 Å². The van der Waals surface area contributed by atoms with Crippen LogP contribution in [-0.4, -0.2) is 38.6 Å². The fourth-order valence-corrected chi connectivity index (χ4v) is 4.27. The third-order valence-corrected chi connectivity index (χ3v) is 5.81. The lowest BCUT2D eigenvalue weighted by Crippen LogP contribution is -2.47. The van der Waals surface area contributed by atoms with Crippen molar-refractivity contribution >= 4 is 15.5 Å². The molecule has 0 aromatic heterocycles. The van der Waals surface area contributed by atoms with Crippen molar-refractivity contribution < 1.29 is 12.8 Å². The Labute approximate surface area is 126 Å². The van der Waals surface area contributed by atoms with Gasteiger partial charge in [0.15, 0.2) is 9.84 Å². The van der Waals surface area contributed by atoms with E-state index in [-0.39, 0.29) is 29.4 Å². The van der Waals surface area contributed by atoms with Crippen LogP contribution in [0.3, 0.4) is 0 Å². The van der Waals surface area contributed by atoms with E-state index in [1.54, 1.807) is 6.07 Å². The highest BCUT2D eigenvalue weighted by atomic mass is 32.2. The van der Waals surface area contributed by atoms with E-state index in [1.807, 2.05) is 24.8 Å². The zero-order chi connectivity index (χ0) is 15.6. The minimum Gasteiger partial charge on any atom is -0.364 e. The molecular formula is C15H23FN2O2S. The van der Waals surface area contributed by atoms with E-state index in [0.29, 0.717) is 18.7 Å². The molecule has 2 atom stereocenters. The van der Waals surface area contributed by atoms with Gasteiger partial charge in [-0.05, 0) is 37.5 Å². The van der Waals surface area contributed by atoms with Crippen molar-refractivity contribution in [2.24, 2.45) is 5.73 Å². The predicted molar refractivity (Wildman–Crippen MR) is 83.8 cm³/mol. The van der Waals surface area contributed by atoms with E-state index in [2.05, 4.69) is 0 Å². The van der Waals surface area contributed by atoms with Crippen LogP contribution >= 0.6 is 0 Å². The fourth-order valence-electron chi connectivity index (χ4n) is 2.71. The number of nitrogens with two attached hydrogens (primary N) is 1. The van der Waals surface area contributed by atoms with Crippen LogP contribution in [-0.2, 0) is 16.3 Å². The maximum atomic E-state index is 14.3. The van der Waals surface area contributed by atoms with E-state index in [4.69, 9.17) is 5.73 Å². The summed E-state index contributed by atoms with van der Waals surface area (Å²) in [7, 11) is -2.99. The molecule has 0 bridgehead atoms. The standard InChI is InChI=1S/C15H23FN2O2S/c1-3-13(17)8-12-4-5-15(14(16)9-12)18-6-7-21(19,20)10-11(18)2/h4-5,9,11,13H,3,6-8,10,17H2,1-2H3. The van der Waals surface area contributed by atoms with E-state index < -0.39 is 9.84 Å². The van der Waals surface area contributed by atoms with Crippen LogP contribution in [0, 0.1) is 5.82 Å². The van der Waals surface area contributed by atoms with Gasteiger partial charge in [0.25, 0.3) is 0 Å². The molecule has 2 N–H and O–H groups in total. The Balaban J connectivity index is 2.18. The Morgan fingerprint density at radius 3 is 2.76 bits per heavy atom. The van der Waals surface area contributed by atoms with Gasteiger partial charge in [-0.2, -0.15) is 0 Å². The molecule has 6 heteroatoms. The van der Waals surface area contributed by atoms with Crippen LogP contribution in [0.15, 0.2) is 18.2 Å². The number of hydrogen-bond acceptors (Lipinski definition) is 4. The van der Waals surface area contributed by atoms with Gasteiger partial charge in [0.2, 0.25) is 0 Å². The van der Waals surface area contributed by atoms with Crippen molar-refractivity contribution in [2.45, 2.75) is 38.8 Å². The molecule has 0 radical (unpaired) electrons. The zero-order valence-electron chi connectivity index (χ0n) is 12.5. The van der Waals surface area contributed by atoms with Crippen LogP contribution in [0.2, 0.25) is 0 Å². The third-order valence-electron chi connectivity index (χ3n) is 4.01. The Bertz CT molecular complexity index is 604. The topological polar surface area (TPSA) is 63.4 Å². The summed E-state index contributed by atoms with van der Waals surface area (Å²) in [6.07, 6.45) is 1.50. The Hall–Kier alpha value is -1.14. The summed E-state index contributed by atoms with van der Waals surface area (Å²) >= 11 is 0. The molecule has 2 rings (SSSR count). The minimum atomic E-state index is -2.99. The van der Waals surface area contributed by atoms with Crippen LogP contribution in [0.4, 0.5) is 10.1 Å². The third kappa shape index (κ3) is 3.95. The molecular weight excluding hydrogens is 291 g/mol. The van der Waals surface area contributed by atoms with Crippen molar-refractivity contribution in [1.82, 2.24) is 0 Å². The number of nitrogens with zero attached hydrogens (tertiary/aromatic N) is 1. The molecule has 0 spiro atoms. The predicted octanol–water partition coefficient (Wildman–Crippen LogP) is 1.73. The molecule has 0 aliphatic carbocycles. The number of rotatable bonds is 4. The summed E-state index contributed by atoms with van der Waals surface area (Å²) in [5.41, 5.74) is 7.24. The molecule has 21 heavy (non-hydrogen) atoms. The number of hydrogen-bond donors (Lipinski definition) is 1. The molecule has 4 nitrogen and oxygen atoms in total. The van der Waals surface area contributed by atoms with Gasteiger partial charge in [-0.25, -0.2) is 12.8 Å². The van der Waals surface area contributed by atoms with Crippen molar-refractivity contribution in [3.63, 3.8) is 0 Å². The average Bonchev–Trinajstić information content (AvgIpc) is 2.39. The minimum absolute atomic E-state index is 0.0364. The second kappa shape index (κ2) is 6.32. The van der Waals surface area contributed by atoms with E-state index >= 15 is 0 Å². The largest absolute Gasteiger partial charge is 0.364 e. The van der Waals surface area contributed by atoms with Gasteiger partial charge < -0.3 is 10.6 Å². The van der Waals surface area contributed by atoms with Crippen LogP contribution in [0.25, 0.3) is 0 Å². The molecule has 1 aromatic rings. The van der Waals surface area contributed by atoms with Crippen molar-refractivity contribution in [2.75, 3.05) is 23.0 Å². The van der Waals surface area contributed by atoms with Gasteiger partial charge in [-0.1, -0.05) is 13.0 Å². The Morgan fingerprint density at radius 2 is 2.19 bits per heavy atom. The molecule has 2 unspecified atom stereocenters. The molecule has 1 aliphatic heterocycles. The molecule has 1 aromatic carbocycles. The monoisotopic (exact) mass is 314 g/mol. The molecule has 1 fully saturated rings. The highest BCUT2D eigenvalue weighted by Crippen LogP contribution is 2.26. The average molecular weight is 314 g/mol. The maximum absolute atomic E-state index is 14.3. The summed E-state index contributed by atoms with van der Waals surface area (Å²) in [6.45, 7) is 4.16. The lowest BCUT2D eigenvalue weighted by molar-refractivity contribution is 0.558. The van der Waals surface area contributed by atoms with E-state index in [9.17, 15) is 12.8 Å². The number of anilines is 1. The first-order valence-electron chi connectivity index (χ1n) is 7.33. The molecule has 1 saturated heterocycles. The molecule has 0 amide bonds. The van der Waals surface area contributed by atoms with E-state index in [0.717, 1.165) is 12.0 Å². The highest BCUT2D eigenvalue weighted by molar-refractivity contribution is 7.91. The van der Waals surface area contributed by atoms with Gasteiger partial charge >= 0.3 is 0 Å². The van der Waals surface area contributed by atoms with E-state index in [1.165, 1.54) is 6.07 Å². The molecule has 118 valence electrons. The first-order chi connectivity index (χ1) is 9.82. The van der Waals surface area contributed by atoms with Crippen molar-refractivity contribution in [1.29, 1.82) is 0 Å². The van der Waals surface area contributed by atoms with Gasteiger partial charge in [0, 0.05) is 18.6 Å². The van der Waals surface area contributed by atoms with Gasteiger partial charge in [-0.15, -0.1) is 0 Å². The summed E-state index contributed by atoms with van der Waals surface area (Å²) in [5, 5.41) is 0. The molecule has 1 heterocycles. The highest BCUT2D eigenvalue weighted by Gasteiger charge is 2.29. The summed E-state index contributed by atoms with van der Waals surface area (Å²) in [4.78, 5) is 1.83. The second-order valence-electron chi connectivity index (χ2n) is 5.81. The smallest absolute Gasteiger partial charge is 0.154 e. The van der Waals surface area contributed by atoms with Gasteiger partial charge in [-0.3, -0.25) is 0 Å². The lowest BCUT2D eigenvalue weighted by Gasteiger charge is -2.35. The zero-order valence-corrected chi connectivity index (χ0v) is 13.4. The second-order valence-corrected chi connectivity index (χ2v) is 8.04. The number of halogens is 1. The number of sulfone groups is 1. The number of benzene rings is 1. The SMILES string of the molecule is CCC(N)Cc1ccc(N2CCS(=O)(=O)CC2C)c(F)c1. The summed E-state index contributed by atoms with van der Waals surface area (Å²) in [6, 6.07) is 4.96. The quantitative estimate of drug-likeness (QED) is 0.919. The normalized spacial score (nSPS) is 23.0. The first kappa shape index (κ1) is 16.2. The first-order valence-corrected chi connectivity index (χ1v) is 9.15. The fraction of sp³-hybridized carbons (Fsp3) is 0.600. The molecule has 1 aliphatic rings. The van der Waals surface area contributed by atoms with Crippen LogP contribution in [0.1, 0.15) is 25.8 Å². The molecule has 0 saturated carbocycles. The van der Waals surface area contributed by atoms with Crippen molar-refractivity contribution in [3.8, 4) is 0 Å². The summed E-state index contributed by atoms with van der Waals surface area (Å²) < 4.78 is 37.5. The van der Waals surface area contributed by atoms with Crippen molar-refractivity contribution in [3.05, 3.63) is 29.6 Å². The maximum Gasteiger partial charge on any atom is 0.154 e.